The van der Waals surface area contributed by atoms with Gasteiger partial charge in [0.25, 0.3) is 0 Å². The van der Waals surface area contributed by atoms with Crippen LogP contribution >= 0.6 is 0 Å². The van der Waals surface area contributed by atoms with Gasteiger partial charge in [0.1, 0.15) is 13.2 Å². The van der Waals surface area contributed by atoms with Crippen molar-refractivity contribution < 1.29 is 28.6 Å². The molecule has 0 rings (SSSR count). The van der Waals surface area contributed by atoms with Gasteiger partial charge < -0.3 is 14.2 Å². The van der Waals surface area contributed by atoms with E-state index in [0.29, 0.717) is 19.3 Å². The number of esters is 3. The van der Waals surface area contributed by atoms with Gasteiger partial charge in [-0.3, -0.25) is 14.4 Å². The first-order chi connectivity index (χ1) is 39.5. The molecular weight excluding hydrogens is 985 g/mol. The molecule has 0 fully saturated rings. The number of rotatable bonds is 58. The lowest BCUT2D eigenvalue weighted by Gasteiger charge is -2.18. The van der Waals surface area contributed by atoms with Gasteiger partial charge in [0.05, 0.1) is 0 Å². The van der Waals surface area contributed by atoms with E-state index in [1.54, 1.807) is 0 Å². The molecule has 0 aromatic carbocycles. The molecular formula is C74H120O6. The molecule has 0 N–H and O–H groups in total. The predicted octanol–water partition coefficient (Wildman–Crippen LogP) is 22.7. The molecule has 452 valence electrons. The van der Waals surface area contributed by atoms with E-state index in [1.165, 1.54) is 89.9 Å². The van der Waals surface area contributed by atoms with Crippen LogP contribution in [0.15, 0.2) is 146 Å². The van der Waals surface area contributed by atoms with Crippen molar-refractivity contribution in [2.75, 3.05) is 13.2 Å². The molecule has 0 heterocycles. The van der Waals surface area contributed by atoms with Crippen LogP contribution in [0.25, 0.3) is 0 Å². The van der Waals surface area contributed by atoms with E-state index in [9.17, 15) is 14.4 Å². The van der Waals surface area contributed by atoms with Crippen LogP contribution in [0.5, 0.6) is 0 Å². The molecule has 0 saturated carbocycles. The predicted molar refractivity (Wildman–Crippen MR) is 348 cm³/mol. The average molecular weight is 1110 g/mol. The van der Waals surface area contributed by atoms with E-state index in [1.807, 2.05) is 0 Å². The highest BCUT2D eigenvalue weighted by Gasteiger charge is 2.19. The second-order valence-electron chi connectivity index (χ2n) is 21.3. The second-order valence-corrected chi connectivity index (χ2v) is 21.3. The van der Waals surface area contributed by atoms with E-state index in [4.69, 9.17) is 14.2 Å². The van der Waals surface area contributed by atoms with E-state index in [0.717, 1.165) is 154 Å². The quantitative estimate of drug-likeness (QED) is 0.0261. The summed E-state index contributed by atoms with van der Waals surface area (Å²) in [5, 5.41) is 0. The molecule has 0 amide bonds. The maximum Gasteiger partial charge on any atom is 0.306 e. The van der Waals surface area contributed by atoms with E-state index in [-0.39, 0.29) is 31.1 Å². The van der Waals surface area contributed by atoms with E-state index >= 15 is 0 Å². The lowest BCUT2D eigenvalue weighted by atomic mass is 10.1. The Balaban J connectivity index is 4.43. The van der Waals surface area contributed by atoms with Gasteiger partial charge in [0, 0.05) is 19.3 Å². The topological polar surface area (TPSA) is 78.9 Å². The lowest BCUT2D eigenvalue weighted by Crippen LogP contribution is -2.30. The molecule has 0 aliphatic heterocycles. The third-order valence-electron chi connectivity index (χ3n) is 13.6. The fourth-order valence-electron chi connectivity index (χ4n) is 8.70. The number of allylic oxidation sites excluding steroid dienone is 24. The van der Waals surface area contributed by atoms with Crippen LogP contribution in [0.3, 0.4) is 0 Å². The lowest BCUT2D eigenvalue weighted by molar-refractivity contribution is -0.167. The Morgan fingerprint density at radius 3 is 0.762 bits per heavy atom. The molecule has 80 heavy (non-hydrogen) atoms. The largest absolute Gasteiger partial charge is 0.462 e. The fourth-order valence-corrected chi connectivity index (χ4v) is 8.70. The summed E-state index contributed by atoms with van der Waals surface area (Å²) in [5.74, 6) is -0.936. The number of ether oxygens (including phenoxy) is 3. The van der Waals surface area contributed by atoms with Crippen LogP contribution in [0.1, 0.15) is 284 Å². The third-order valence-corrected chi connectivity index (χ3v) is 13.6. The maximum absolute atomic E-state index is 12.9. The van der Waals surface area contributed by atoms with Crippen molar-refractivity contribution in [2.24, 2.45) is 0 Å². The Morgan fingerprint density at radius 1 is 0.263 bits per heavy atom. The molecule has 0 radical (unpaired) electrons. The van der Waals surface area contributed by atoms with Gasteiger partial charge in [-0.15, -0.1) is 0 Å². The minimum Gasteiger partial charge on any atom is -0.462 e. The number of hydrogen-bond acceptors (Lipinski definition) is 6. The number of carbonyl (C=O) groups excluding carboxylic acids is 3. The Bertz CT molecular complexity index is 1750. The minimum atomic E-state index is -0.804. The molecule has 0 aliphatic rings. The normalized spacial score (nSPS) is 13.1. The highest BCUT2D eigenvalue weighted by molar-refractivity contribution is 5.71. The molecule has 1 atom stereocenters. The summed E-state index contributed by atoms with van der Waals surface area (Å²) >= 11 is 0. The van der Waals surface area contributed by atoms with Gasteiger partial charge >= 0.3 is 17.9 Å². The molecule has 0 bridgehead atoms. The molecule has 0 saturated heterocycles. The van der Waals surface area contributed by atoms with Crippen molar-refractivity contribution >= 4 is 17.9 Å². The Labute approximate surface area is 493 Å². The summed E-state index contributed by atoms with van der Waals surface area (Å²) in [6.45, 7) is 6.37. The Morgan fingerprint density at radius 2 is 0.487 bits per heavy atom. The van der Waals surface area contributed by atoms with Crippen molar-refractivity contribution in [1.82, 2.24) is 0 Å². The van der Waals surface area contributed by atoms with Crippen molar-refractivity contribution in [1.29, 1.82) is 0 Å². The summed E-state index contributed by atoms with van der Waals surface area (Å²) in [7, 11) is 0. The summed E-state index contributed by atoms with van der Waals surface area (Å²) in [5.41, 5.74) is 0. The van der Waals surface area contributed by atoms with Crippen molar-refractivity contribution in [3.05, 3.63) is 146 Å². The van der Waals surface area contributed by atoms with Gasteiger partial charge in [0.15, 0.2) is 6.10 Å². The smallest absolute Gasteiger partial charge is 0.306 e. The van der Waals surface area contributed by atoms with Gasteiger partial charge in [-0.1, -0.05) is 269 Å². The first kappa shape index (κ1) is 75.3. The third kappa shape index (κ3) is 64.1. The first-order valence-electron chi connectivity index (χ1n) is 32.8. The van der Waals surface area contributed by atoms with Crippen LogP contribution in [0, 0.1) is 0 Å². The number of unbranched alkanes of at least 4 members (excludes halogenated alkanes) is 23. The van der Waals surface area contributed by atoms with Crippen molar-refractivity contribution in [2.45, 2.75) is 290 Å². The fraction of sp³-hybridized carbons (Fsp3) is 0.635. The van der Waals surface area contributed by atoms with Crippen LogP contribution in [-0.4, -0.2) is 37.2 Å². The highest BCUT2D eigenvalue weighted by atomic mass is 16.6. The summed E-state index contributed by atoms with van der Waals surface area (Å²) in [6, 6.07) is 0. The molecule has 0 aromatic heterocycles. The standard InChI is InChI=1S/C74H120O6/c1-4-7-10-13-16-19-22-25-28-31-33-34-35-36-37-38-39-40-41-44-46-49-52-55-58-61-64-67-73(76)79-70-71(69-78-72(75)66-63-60-57-54-51-48-45-42-30-27-24-21-18-15-12-9-6-3)80-74(77)68-65-62-59-56-53-50-47-43-32-29-26-23-20-17-14-11-8-5-2/h7,9-10,12,16,18-21,23,25,27-30,32-34,36-37,39-40,45,48,71H,4-6,8,11,13-15,17,22,24,26,31,35,38,41-44,46-47,49-70H2,1-3H3/b10-7-,12-9-,19-16-,21-18-,23-20-,28-25-,30-27-,32-29-,34-33-,37-36-,40-39-,48-45-. The highest BCUT2D eigenvalue weighted by Crippen LogP contribution is 2.15. The average Bonchev–Trinajstić information content (AvgIpc) is 3.46. The second kappa shape index (κ2) is 66.8. The van der Waals surface area contributed by atoms with E-state index < -0.39 is 6.10 Å². The summed E-state index contributed by atoms with van der Waals surface area (Å²) < 4.78 is 16.9. The number of hydrogen-bond donors (Lipinski definition) is 0. The zero-order chi connectivity index (χ0) is 57.8. The maximum atomic E-state index is 12.9. The zero-order valence-electron chi connectivity index (χ0n) is 51.8. The van der Waals surface area contributed by atoms with Crippen LogP contribution in [0.4, 0.5) is 0 Å². The van der Waals surface area contributed by atoms with Crippen LogP contribution < -0.4 is 0 Å². The van der Waals surface area contributed by atoms with Crippen LogP contribution in [0.2, 0.25) is 0 Å². The monoisotopic (exact) mass is 1100 g/mol. The SMILES string of the molecule is CC/C=C\C/C=C\C/C=C\C/C=C\C/C=C\C/C=C\CCCCCCCCCCC(=O)OCC(COC(=O)CCCCCC/C=C\C/C=C\C/C=C\C/C=C\CC)OC(=O)CCCCCCCCC/C=C\C/C=C\CCCCCC. The van der Waals surface area contributed by atoms with Crippen LogP contribution in [-0.2, 0) is 28.6 Å². The number of carbonyl (C=O) groups is 3. The zero-order valence-corrected chi connectivity index (χ0v) is 51.8. The molecule has 6 nitrogen and oxygen atoms in total. The summed E-state index contributed by atoms with van der Waals surface area (Å²) in [4.78, 5) is 38.4. The molecule has 6 heteroatoms. The van der Waals surface area contributed by atoms with Gasteiger partial charge in [0.2, 0.25) is 0 Å². The molecule has 0 aromatic rings. The first-order valence-corrected chi connectivity index (χ1v) is 32.8. The van der Waals surface area contributed by atoms with Gasteiger partial charge in [-0.05, 0) is 141 Å². The molecule has 1 unspecified atom stereocenters. The van der Waals surface area contributed by atoms with Gasteiger partial charge in [-0.2, -0.15) is 0 Å². The minimum absolute atomic E-state index is 0.0985. The van der Waals surface area contributed by atoms with E-state index in [2.05, 4.69) is 167 Å². The molecule has 0 aliphatic carbocycles. The van der Waals surface area contributed by atoms with Crippen molar-refractivity contribution in [3.8, 4) is 0 Å². The Hall–Kier alpha value is -4.71. The van der Waals surface area contributed by atoms with Gasteiger partial charge in [-0.25, -0.2) is 0 Å². The van der Waals surface area contributed by atoms with Crippen molar-refractivity contribution in [3.63, 3.8) is 0 Å². The summed E-state index contributed by atoms with van der Waals surface area (Å²) in [6.07, 6.45) is 95.6. The molecule has 0 spiro atoms. The Kier molecular flexibility index (Phi) is 62.9.